The van der Waals surface area contributed by atoms with E-state index < -0.39 is 0 Å². The molecule has 0 aromatic carbocycles. The Morgan fingerprint density at radius 2 is 2.20 bits per heavy atom. The van der Waals surface area contributed by atoms with Crippen LogP contribution >= 0.6 is 0 Å². The number of carbonyl (C=O) groups is 2. The molecule has 3 rings (SSSR count). The van der Waals surface area contributed by atoms with Crippen molar-refractivity contribution in [1.82, 2.24) is 19.7 Å². The second kappa shape index (κ2) is 7.92. The molecule has 2 aromatic rings. The monoisotopic (exact) mass is 341 g/mol. The summed E-state index contributed by atoms with van der Waals surface area (Å²) in [5.41, 5.74) is 0.899. The molecule has 0 bridgehead atoms. The minimum absolute atomic E-state index is 0.0563. The van der Waals surface area contributed by atoms with Gasteiger partial charge >= 0.3 is 0 Å². The zero-order chi connectivity index (χ0) is 17.6. The summed E-state index contributed by atoms with van der Waals surface area (Å²) < 4.78 is 1.73. The molecule has 0 spiro atoms. The van der Waals surface area contributed by atoms with Crippen molar-refractivity contribution in [1.29, 1.82) is 0 Å². The first-order valence-electron chi connectivity index (χ1n) is 8.71. The van der Waals surface area contributed by atoms with Gasteiger partial charge in [-0.1, -0.05) is 13.0 Å². The highest BCUT2D eigenvalue weighted by Gasteiger charge is 2.33. The van der Waals surface area contributed by atoms with Crippen molar-refractivity contribution in [2.24, 2.45) is 0 Å². The van der Waals surface area contributed by atoms with Crippen LogP contribution in [0.25, 0.3) is 0 Å². The molecule has 0 radical (unpaired) electrons. The Labute approximate surface area is 147 Å². The third kappa shape index (κ3) is 4.23. The average Bonchev–Trinajstić information content (AvgIpc) is 3.25. The van der Waals surface area contributed by atoms with Gasteiger partial charge in [0, 0.05) is 31.4 Å². The van der Waals surface area contributed by atoms with E-state index in [0.29, 0.717) is 31.7 Å². The highest BCUT2D eigenvalue weighted by molar-refractivity contribution is 5.96. The zero-order valence-corrected chi connectivity index (χ0v) is 14.4. The molecule has 1 fully saturated rings. The third-order valence-electron chi connectivity index (χ3n) is 4.28. The number of rotatable bonds is 6. The van der Waals surface area contributed by atoms with Gasteiger partial charge in [-0.05, 0) is 31.4 Å². The number of pyridine rings is 1. The van der Waals surface area contributed by atoms with E-state index in [4.69, 9.17) is 0 Å². The van der Waals surface area contributed by atoms with Crippen molar-refractivity contribution in [2.75, 3.05) is 11.9 Å². The lowest BCUT2D eigenvalue weighted by molar-refractivity contribution is -0.136. The summed E-state index contributed by atoms with van der Waals surface area (Å²) in [6, 6.07) is 7.09. The highest BCUT2D eigenvalue weighted by Crippen LogP contribution is 2.20. The molecule has 0 unspecified atom stereocenters. The van der Waals surface area contributed by atoms with Crippen LogP contribution in [-0.2, 0) is 16.1 Å². The summed E-state index contributed by atoms with van der Waals surface area (Å²) in [6.45, 7) is 3.17. The minimum atomic E-state index is -0.389. The van der Waals surface area contributed by atoms with Gasteiger partial charge in [-0.15, -0.1) is 0 Å². The van der Waals surface area contributed by atoms with Crippen LogP contribution in [0.1, 0.15) is 38.3 Å². The van der Waals surface area contributed by atoms with E-state index in [0.717, 1.165) is 18.5 Å². The Balaban J connectivity index is 1.60. The van der Waals surface area contributed by atoms with E-state index >= 15 is 0 Å². The summed E-state index contributed by atoms with van der Waals surface area (Å²) in [5, 5.41) is 7.20. The molecule has 1 aliphatic rings. The first kappa shape index (κ1) is 17.1. The first-order valence-corrected chi connectivity index (χ1v) is 8.71. The fourth-order valence-corrected chi connectivity index (χ4v) is 3.08. The van der Waals surface area contributed by atoms with E-state index in [2.05, 4.69) is 15.4 Å². The molecular formula is C18H23N5O2. The smallest absolute Gasteiger partial charge is 0.248 e. The molecule has 2 aromatic heterocycles. The number of hydrogen-bond acceptors (Lipinski definition) is 4. The molecule has 1 saturated heterocycles. The van der Waals surface area contributed by atoms with Gasteiger partial charge < -0.3 is 10.2 Å². The van der Waals surface area contributed by atoms with Crippen LogP contribution < -0.4 is 5.32 Å². The molecule has 132 valence electrons. The predicted molar refractivity (Wildman–Crippen MR) is 93.8 cm³/mol. The lowest BCUT2D eigenvalue weighted by Gasteiger charge is -2.23. The summed E-state index contributed by atoms with van der Waals surface area (Å²) in [6.07, 6.45) is 6.39. The lowest BCUT2D eigenvalue weighted by Crippen LogP contribution is -2.43. The Bertz CT molecular complexity index is 728. The molecule has 7 heteroatoms. The van der Waals surface area contributed by atoms with E-state index in [1.54, 1.807) is 28.0 Å². The van der Waals surface area contributed by atoms with Crippen LogP contribution in [0.3, 0.4) is 0 Å². The van der Waals surface area contributed by atoms with Crippen LogP contribution in [0.2, 0.25) is 0 Å². The molecule has 0 aliphatic carbocycles. The fourth-order valence-electron chi connectivity index (χ4n) is 3.08. The molecule has 1 aliphatic heterocycles. The van der Waals surface area contributed by atoms with Gasteiger partial charge in [-0.25, -0.2) is 0 Å². The number of nitrogens with one attached hydrogen (secondary N) is 1. The van der Waals surface area contributed by atoms with Gasteiger partial charge in [0.25, 0.3) is 0 Å². The maximum Gasteiger partial charge on any atom is 0.248 e. The van der Waals surface area contributed by atoms with Crippen molar-refractivity contribution in [3.63, 3.8) is 0 Å². The van der Waals surface area contributed by atoms with Crippen molar-refractivity contribution in [3.05, 3.63) is 42.4 Å². The van der Waals surface area contributed by atoms with Crippen molar-refractivity contribution in [3.8, 4) is 0 Å². The van der Waals surface area contributed by atoms with Crippen molar-refractivity contribution in [2.45, 2.75) is 45.2 Å². The van der Waals surface area contributed by atoms with Gasteiger partial charge in [-0.3, -0.25) is 19.3 Å². The lowest BCUT2D eigenvalue weighted by atomic mass is 10.2. The van der Waals surface area contributed by atoms with Crippen LogP contribution in [0, 0.1) is 0 Å². The van der Waals surface area contributed by atoms with Crippen LogP contribution in [0.4, 0.5) is 5.82 Å². The third-order valence-corrected chi connectivity index (χ3v) is 4.28. The maximum absolute atomic E-state index is 12.5. The Kier molecular flexibility index (Phi) is 5.42. The number of nitrogens with zero attached hydrogens (tertiary/aromatic N) is 4. The van der Waals surface area contributed by atoms with Crippen molar-refractivity contribution < 1.29 is 9.59 Å². The second-order valence-corrected chi connectivity index (χ2v) is 6.20. The molecule has 3 heterocycles. The number of carbonyl (C=O) groups excluding carboxylic acids is 2. The molecule has 0 saturated carbocycles. The Hall–Kier alpha value is -2.70. The predicted octanol–water partition coefficient (Wildman–Crippen LogP) is 2.06. The normalized spacial score (nSPS) is 16.8. The molecule has 2 amide bonds. The number of likely N-dealkylation sites (tertiary alicyclic amines) is 1. The first-order chi connectivity index (χ1) is 12.2. The van der Waals surface area contributed by atoms with Gasteiger partial charge in [0.2, 0.25) is 11.8 Å². The van der Waals surface area contributed by atoms with Crippen LogP contribution in [0.5, 0.6) is 0 Å². The average molecular weight is 341 g/mol. The summed E-state index contributed by atoms with van der Waals surface area (Å²) in [5.74, 6) is 0.390. The van der Waals surface area contributed by atoms with E-state index in [-0.39, 0.29) is 17.9 Å². The number of aromatic nitrogens is 3. The zero-order valence-electron chi connectivity index (χ0n) is 14.4. The maximum atomic E-state index is 12.5. The van der Waals surface area contributed by atoms with Crippen LogP contribution in [0.15, 0.2) is 36.7 Å². The molecule has 1 atom stereocenters. The summed E-state index contributed by atoms with van der Waals surface area (Å²) in [7, 11) is 0. The Morgan fingerprint density at radius 3 is 2.96 bits per heavy atom. The molecule has 7 nitrogen and oxygen atoms in total. The summed E-state index contributed by atoms with van der Waals surface area (Å²) in [4.78, 5) is 30.6. The number of amides is 2. The Morgan fingerprint density at radius 1 is 1.32 bits per heavy atom. The van der Waals surface area contributed by atoms with Gasteiger partial charge in [-0.2, -0.15) is 5.10 Å². The fraction of sp³-hybridized carbons (Fsp3) is 0.444. The SMILES string of the molecule is CCCC(=O)N1CCC[C@@H]1C(=O)Nc1ccn(Cc2ccccn2)n1. The van der Waals surface area contributed by atoms with Gasteiger partial charge in [0.05, 0.1) is 12.2 Å². The minimum Gasteiger partial charge on any atom is -0.331 e. The molecular weight excluding hydrogens is 318 g/mol. The highest BCUT2D eigenvalue weighted by atomic mass is 16.2. The number of anilines is 1. The largest absolute Gasteiger partial charge is 0.331 e. The quantitative estimate of drug-likeness (QED) is 0.872. The van der Waals surface area contributed by atoms with Gasteiger partial charge in [0.1, 0.15) is 6.04 Å². The molecule has 25 heavy (non-hydrogen) atoms. The van der Waals surface area contributed by atoms with E-state index in [1.807, 2.05) is 25.1 Å². The van der Waals surface area contributed by atoms with E-state index in [1.165, 1.54) is 0 Å². The van der Waals surface area contributed by atoms with Gasteiger partial charge in [0.15, 0.2) is 5.82 Å². The number of hydrogen-bond donors (Lipinski definition) is 1. The molecule has 1 N–H and O–H groups in total. The standard InChI is InChI=1S/C18H23N5O2/c1-2-6-17(24)23-11-5-8-15(23)18(25)20-16-9-12-22(21-16)13-14-7-3-4-10-19-14/h3-4,7,9-10,12,15H,2,5-6,8,11,13H2,1H3,(H,20,21,25)/t15-/m1/s1. The van der Waals surface area contributed by atoms with E-state index in [9.17, 15) is 9.59 Å². The topological polar surface area (TPSA) is 80.1 Å². The summed E-state index contributed by atoms with van der Waals surface area (Å²) >= 11 is 0. The second-order valence-electron chi connectivity index (χ2n) is 6.20. The van der Waals surface area contributed by atoms with Crippen molar-refractivity contribution >= 4 is 17.6 Å². The van der Waals surface area contributed by atoms with Crippen LogP contribution in [-0.4, -0.2) is 44.1 Å².